The summed E-state index contributed by atoms with van der Waals surface area (Å²) in [6.07, 6.45) is 1.40. The highest BCUT2D eigenvalue weighted by Gasteiger charge is 2.75. The van der Waals surface area contributed by atoms with Crippen LogP contribution in [0.5, 0.6) is 0 Å². The first-order valence-electron chi connectivity index (χ1n) is 11.5. The van der Waals surface area contributed by atoms with Gasteiger partial charge in [-0.3, -0.25) is 14.4 Å². The third kappa shape index (κ3) is 3.53. The van der Waals surface area contributed by atoms with E-state index < -0.39 is 22.6 Å². The van der Waals surface area contributed by atoms with E-state index in [0.29, 0.717) is 13.0 Å². The van der Waals surface area contributed by atoms with E-state index in [1.54, 1.807) is 16.4 Å². The number of halogens is 1. The van der Waals surface area contributed by atoms with Crippen molar-refractivity contribution in [2.45, 2.75) is 47.3 Å². The van der Waals surface area contributed by atoms with Crippen LogP contribution in [0.15, 0.2) is 24.3 Å². The van der Waals surface area contributed by atoms with Gasteiger partial charge in [-0.05, 0) is 25.0 Å². The van der Waals surface area contributed by atoms with Gasteiger partial charge in [0.15, 0.2) is 0 Å². The summed E-state index contributed by atoms with van der Waals surface area (Å²) in [7, 11) is 0. The molecule has 4 heterocycles. The molecule has 3 saturated heterocycles. The molecule has 34 heavy (non-hydrogen) atoms. The van der Waals surface area contributed by atoms with Crippen LogP contribution in [0.3, 0.4) is 0 Å². The fraction of sp³-hybridized carbons (Fsp3) is 0.591. The average molecular weight is 551 g/mol. The molecule has 0 radical (unpaired) electrons. The second-order valence-electron chi connectivity index (χ2n) is 8.99. The van der Waals surface area contributed by atoms with Gasteiger partial charge >= 0.3 is 0 Å². The van der Waals surface area contributed by atoms with E-state index >= 15 is 0 Å². The lowest BCUT2D eigenvalue weighted by molar-refractivity contribution is -0.140. The number of hydrogen-bond acceptors (Lipinski definition) is 7. The van der Waals surface area contributed by atoms with Crippen molar-refractivity contribution in [1.29, 1.82) is 0 Å². The van der Waals surface area contributed by atoms with Crippen LogP contribution in [-0.4, -0.2) is 83.3 Å². The highest BCUT2D eigenvalue weighted by Crippen LogP contribution is 2.67. The number of aromatic nitrogens is 3. The minimum Gasteiger partial charge on any atom is -0.395 e. The first-order valence-corrected chi connectivity index (χ1v) is 13.3. The molecular weight excluding hydrogens is 524 g/mol. The van der Waals surface area contributed by atoms with Crippen molar-refractivity contribution in [3.05, 3.63) is 24.3 Å². The third-order valence-electron chi connectivity index (χ3n) is 7.05. The van der Waals surface area contributed by atoms with Crippen molar-refractivity contribution in [2.24, 2.45) is 11.8 Å². The van der Waals surface area contributed by atoms with Gasteiger partial charge in [0.2, 0.25) is 17.7 Å². The number of carbonyl (C=O) groups is 3. The number of alkyl halides is 1. The number of β-amino-alcohol motifs (C(OH)–C–C–N with tert-alkyl or cyclic N) is 1. The molecule has 3 unspecified atom stereocenters. The second kappa shape index (κ2) is 9.12. The highest BCUT2D eigenvalue weighted by atomic mass is 79.9. The third-order valence-corrected chi connectivity index (χ3v) is 10.3. The van der Waals surface area contributed by atoms with Crippen LogP contribution >= 0.6 is 27.7 Å². The first-order chi connectivity index (χ1) is 16.4. The molecule has 182 valence electrons. The molecule has 10 nitrogen and oxygen atoms in total. The van der Waals surface area contributed by atoms with Crippen LogP contribution in [0.2, 0.25) is 0 Å². The average Bonchev–Trinajstić information content (AvgIpc) is 3.54. The maximum absolute atomic E-state index is 13.6. The number of hydrogen-bond donors (Lipinski definition) is 3. The number of para-hydroxylation sites is 1. The van der Waals surface area contributed by atoms with Gasteiger partial charge in [0.05, 0.1) is 28.7 Å². The Kier molecular flexibility index (Phi) is 6.32. The largest absolute Gasteiger partial charge is 0.395 e. The molecule has 0 saturated carbocycles. The summed E-state index contributed by atoms with van der Waals surface area (Å²) in [4.78, 5) is 41.8. The zero-order valence-electron chi connectivity index (χ0n) is 18.7. The van der Waals surface area contributed by atoms with Gasteiger partial charge in [0.25, 0.3) is 0 Å². The summed E-state index contributed by atoms with van der Waals surface area (Å²) < 4.78 is 0.872. The molecule has 3 aliphatic heterocycles. The molecule has 0 aliphatic carbocycles. The summed E-state index contributed by atoms with van der Waals surface area (Å²) in [5, 5.41) is 23.7. The number of aliphatic hydroxyl groups excluding tert-OH is 1. The van der Waals surface area contributed by atoms with Crippen molar-refractivity contribution >= 4 is 56.4 Å². The molecule has 2 aromatic rings. The predicted octanol–water partition coefficient (Wildman–Crippen LogP) is 0.488. The Morgan fingerprint density at radius 2 is 2.09 bits per heavy atom. The van der Waals surface area contributed by atoms with E-state index in [9.17, 15) is 19.5 Å². The Labute approximate surface area is 209 Å². The fourth-order valence-corrected chi connectivity index (χ4v) is 9.34. The Hall–Kier alpha value is -2.18. The van der Waals surface area contributed by atoms with E-state index in [1.807, 2.05) is 31.2 Å². The maximum atomic E-state index is 13.6. The topological polar surface area (TPSA) is 129 Å². The van der Waals surface area contributed by atoms with Crippen molar-refractivity contribution < 1.29 is 19.5 Å². The highest BCUT2D eigenvalue weighted by molar-refractivity contribution is 9.09. The Morgan fingerprint density at radius 1 is 1.29 bits per heavy atom. The molecule has 6 atom stereocenters. The zero-order valence-corrected chi connectivity index (χ0v) is 21.1. The maximum Gasteiger partial charge on any atom is 0.245 e. The quantitative estimate of drug-likeness (QED) is 0.408. The molecule has 3 fully saturated rings. The number of carbonyl (C=O) groups excluding carboxylic acids is 3. The molecule has 1 spiro atoms. The number of benzene rings is 1. The first kappa shape index (κ1) is 23.6. The van der Waals surface area contributed by atoms with Crippen LogP contribution < -0.4 is 10.6 Å². The summed E-state index contributed by atoms with van der Waals surface area (Å²) in [6.45, 7) is 2.41. The normalized spacial score (nSPS) is 31.8. The molecule has 1 aromatic heterocycles. The smallest absolute Gasteiger partial charge is 0.245 e. The molecule has 2 bridgehead atoms. The number of fused-ring (bicyclic) bond motifs is 2. The lowest BCUT2D eigenvalue weighted by atomic mass is 9.70. The van der Waals surface area contributed by atoms with Gasteiger partial charge in [-0.15, -0.1) is 16.9 Å². The van der Waals surface area contributed by atoms with Crippen molar-refractivity contribution in [3.8, 4) is 0 Å². The lowest BCUT2D eigenvalue weighted by Gasteiger charge is -2.35. The van der Waals surface area contributed by atoms with Crippen molar-refractivity contribution in [3.63, 3.8) is 0 Å². The van der Waals surface area contributed by atoms with Crippen LogP contribution in [0.1, 0.15) is 19.8 Å². The summed E-state index contributed by atoms with van der Waals surface area (Å²) in [5.41, 5.74) is 1.51. The van der Waals surface area contributed by atoms with Crippen molar-refractivity contribution in [1.82, 2.24) is 30.5 Å². The molecular formula is C22H27BrN6O4S. The van der Waals surface area contributed by atoms with E-state index in [0.717, 1.165) is 17.5 Å². The van der Waals surface area contributed by atoms with Crippen LogP contribution in [0.25, 0.3) is 11.0 Å². The van der Waals surface area contributed by atoms with Gasteiger partial charge < -0.3 is 20.6 Å². The number of rotatable bonds is 8. The molecule has 1 aromatic carbocycles. The summed E-state index contributed by atoms with van der Waals surface area (Å²) in [6, 6.07) is 6.67. The zero-order chi connectivity index (χ0) is 24.0. The second-order valence-corrected chi connectivity index (χ2v) is 11.7. The number of thioether (sulfide) groups is 1. The number of likely N-dealkylation sites (tertiary alicyclic amines) is 1. The van der Waals surface area contributed by atoms with Gasteiger partial charge in [-0.2, -0.15) is 0 Å². The number of aliphatic hydroxyl groups is 1. The summed E-state index contributed by atoms with van der Waals surface area (Å²) >= 11 is 5.30. The monoisotopic (exact) mass is 550 g/mol. The SMILES string of the molecule is CCCNC(=O)[C@H]1[C@@H]2SC3(CC2Br)C(C(=O)NCn2nnc4ccccc42)N(CCO)C(=O)[C@H]13. The van der Waals surface area contributed by atoms with E-state index in [-0.39, 0.29) is 47.6 Å². The van der Waals surface area contributed by atoms with Crippen LogP contribution in [0.4, 0.5) is 0 Å². The van der Waals surface area contributed by atoms with Crippen molar-refractivity contribution in [2.75, 3.05) is 19.7 Å². The molecule has 3 aliphatic rings. The predicted molar refractivity (Wildman–Crippen MR) is 130 cm³/mol. The molecule has 5 rings (SSSR count). The van der Waals surface area contributed by atoms with Gasteiger partial charge in [-0.1, -0.05) is 40.2 Å². The minimum absolute atomic E-state index is 0.0163. The summed E-state index contributed by atoms with van der Waals surface area (Å²) in [5.74, 6) is -1.79. The Morgan fingerprint density at radius 3 is 2.85 bits per heavy atom. The number of nitrogens with one attached hydrogen (secondary N) is 2. The van der Waals surface area contributed by atoms with E-state index in [1.165, 1.54) is 4.90 Å². The lowest BCUT2D eigenvalue weighted by Crippen LogP contribution is -2.55. The van der Waals surface area contributed by atoms with E-state index in [2.05, 4.69) is 36.9 Å². The standard InChI is InChI=1S/C22H27BrN6O4S/c1-2-7-24-19(31)15-16-21(33)28(8-9-30)18(22(16)10-12(23)17(15)34-22)20(32)25-11-29-14-6-4-3-5-13(14)26-27-29/h3-6,12,15-18,30H,2,7-11H2,1H3,(H,24,31)(H,25,32)/t12?,15-,16+,17-,18?,22?/m1/s1. The fourth-order valence-electron chi connectivity index (χ4n) is 5.73. The van der Waals surface area contributed by atoms with Gasteiger partial charge in [0.1, 0.15) is 18.2 Å². The van der Waals surface area contributed by atoms with Gasteiger partial charge in [0, 0.05) is 23.2 Å². The number of nitrogens with zero attached hydrogens (tertiary/aromatic N) is 4. The van der Waals surface area contributed by atoms with Crippen LogP contribution in [-0.2, 0) is 21.1 Å². The molecule has 3 N–H and O–H groups in total. The Bertz CT molecular complexity index is 1130. The van der Waals surface area contributed by atoms with Crippen LogP contribution in [0, 0.1) is 11.8 Å². The minimum atomic E-state index is -0.786. The Balaban J connectivity index is 1.43. The molecule has 3 amide bonds. The van der Waals surface area contributed by atoms with E-state index in [4.69, 9.17) is 0 Å². The van der Waals surface area contributed by atoms with Gasteiger partial charge in [-0.25, -0.2) is 4.68 Å². The molecule has 12 heteroatoms. The number of amides is 3.